The van der Waals surface area contributed by atoms with E-state index in [1.807, 2.05) is 0 Å². The van der Waals surface area contributed by atoms with Crippen molar-refractivity contribution in [3.8, 4) is 0 Å². The highest BCUT2D eigenvalue weighted by Crippen LogP contribution is 2.37. The van der Waals surface area contributed by atoms with Crippen LogP contribution in [0.15, 0.2) is 0 Å². The maximum atomic E-state index is 9.53. The maximum absolute atomic E-state index is 9.53. The SMILES string of the molecule is NC1CCC(NCC2(CO)CCCC2)CC1. The minimum atomic E-state index is 0.194. The fraction of sp³-hybridized carbons (Fsp3) is 1.00. The Morgan fingerprint density at radius 3 is 2.31 bits per heavy atom. The highest BCUT2D eigenvalue weighted by molar-refractivity contribution is 4.88. The van der Waals surface area contributed by atoms with Crippen molar-refractivity contribution in [3.05, 3.63) is 0 Å². The van der Waals surface area contributed by atoms with Gasteiger partial charge in [-0.2, -0.15) is 0 Å². The van der Waals surface area contributed by atoms with Crippen LogP contribution in [0.2, 0.25) is 0 Å². The Morgan fingerprint density at radius 2 is 1.75 bits per heavy atom. The Morgan fingerprint density at radius 1 is 1.12 bits per heavy atom. The zero-order valence-corrected chi connectivity index (χ0v) is 10.3. The van der Waals surface area contributed by atoms with Crippen LogP contribution in [-0.4, -0.2) is 30.3 Å². The second-order valence-electron chi connectivity index (χ2n) is 5.86. The number of nitrogens with two attached hydrogens (primary N) is 1. The molecule has 0 aromatic heterocycles. The van der Waals surface area contributed by atoms with Crippen molar-refractivity contribution >= 4 is 0 Å². The molecule has 0 aliphatic heterocycles. The average molecular weight is 226 g/mol. The second kappa shape index (κ2) is 5.48. The third-order valence-electron chi connectivity index (χ3n) is 4.54. The van der Waals surface area contributed by atoms with E-state index in [4.69, 9.17) is 5.73 Å². The van der Waals surface area contributed by atoms with E-state index in [0.29, 0.717) is 18.7 Å². The van der Waals surface area contributed by atoms with Gasteiger partial charge in [-0.3, -0.25) is 0 Å². The second-order valence-corrected chi connectivity index (χ2v) is 5.86. The van der Waals surface area contributed by atoms with Crippen molar-refractivity contribution in [3.63, 3.8) is 0 Å². The lowest BCUT2D eigenvalue weighted by molar-refractivity contribution is 0.121. The van der Waals surface area contributed by atoms with Gasteiger partial charge in [-0.1, -0.05) is 12.8 Å². The van der Waals surface area contributed by atoms with Crippen LogP contribution in [0, 0.1) is 5.41 Å². The number of hydrogen-bond donors (Lipinski definition) is 3. The normalized spacial score (nSPS) is 34.1. The van der Waals surface area contributed by atoms with Crippen molar-refractivity contribution in [2.45, 2.75) is 63.5 Å². The lowest BCUT2D eigenvalue weighted by Crippen LogP contribution is -2.43. The average Bonchev–Trinajstić information content (AvgIpc) is 2.78. The van der Waals surface area contributed by atoms with Gasteiger partial charge in [0.1, 0.15) is 0 Å². The number of hydrogen-bond acceptors (Lipinski definition) is 3. The van der Waals surface area contributed by atoms with E-state index in [2.05, 4.69) is 5.32 Å². The molecule has 0 unspecified atom stereocenters. The predicted octanol–water partition coefficient (Wildman–Crippen LogP) is 1.40. The monoisotopic (exact) mass is 226 g/mol. The Labute approximate surface area is 98.8 Å². The van der Waals surface area contributed by atoms with Gasteiger partial charge in [-0.05, 0) is 38.5 Å². The molecule has 0 atom stereocenters. The zero-order chi connectivity index (χ0) is 11.4. The molecule has 2 rings (SSSR count). The summed E-state index contributed by atoms with van der Waals surface area (Å²) in [6.45, 7) is 1.36. The number of nitrogens with one attached hydrogen (secondary N) is 1. The fourth-order valence-electron chi connectivity index (χ4n) is 3.20. The molecule has 2 aliphatic rings. The standard InChI is InChI=1S/C13H26N2O/c14-11-3-5-12(6-4-11)15-9-13(10-16)7-1-2-8-13/h11-12,15-16H,1-10,14H2. The summed E-state index contributed by atoms with van der Waals surface area (Å²) in [5, 5.41) is 13.2. The number of rotatable bonds is 4. The van der Waals surface area contributed by atoms with Gasteiger partial charge < -0.3 is 16.2 Å². The summed E-state index contributed by atoms with van der Waals surface area (Å²) in [5.41, 5.74) is 6.09. The van der Waals surface area contributed by atoms with Gasteiger partial charge in [0.25, 0.3) is 0 Å². The number of aliphatic hydroxyl groups excluding tert-OH is 1. The van der Waals surface area contributed by atoms with Crippen molar-refractivity contribution in [2.24, 2.45) is 11.1 Å². The molecular formula is C13H26N2O. The first-order chi connectivity index (χ1) is 7.74. The predicted molar refractivity (Wildman–Crippen MR) is 66.2 cm³/mol. The van der Waals surface area contributed by atoms with E-state index in [1.165, 1.54) is 38.5 Å². The minimum absolute atomic E-state index is 0.194. The maximum Gasteiger partial charge on any atom is 0.0499 e. The smallest absolute Gasteiger partial charge is 0.0499 e. The molecule has 0 radical (unpaired) electrons. The molecule has 0 aromatic rings. The lowest BCUT2D eigenvalue weighted by Gasteiger charge is -2.32. The van der Waals surface area contributed by atoms with Gasteiger partial charge in [0, 0.05) is 30.7 Å². The van der Waals surface area contributed by atoms with Crippen LogP contribution in [-0.2, 0) is 0 Å². The third-order valence-corrected chi connectivity index (χ3v) is 4.54. The van der Waals surface area contributed by atoms with E-state index in [0.717, 1.165) is 19.4 Å². The Bertz CT molecular complexity index is 206. The van der Waals surface area contributed by atoms with Gasteiger partial charge in [-0.25, -0.2) is 0 Å². The van der Waals surface area contributed by atoms with Crippen molar-refractivity contribution < 1.29 is 5.11 Å². The van der Waals surface area contributed by atoms with E-state index >= 15 is 0 Å². The van der Waals surface area contributed by atoms with Crippen LogP contribution in [0.5, 0.6) is 0 Å². The minimum Gasteiger partial charge on any atom is -0.396 e. The summed E-state index contributed by atoms with van der Waals surface area (Å²) in [7, 11) is 0. The van der Waals surface area contributed by atoms with Gasteiger partial charge in [0.05, 0.1) is 0 Å². The highest BCUT2D eigenvalue weighted by atomic mass is 16.3. The van der Waals surface area contributed by atoms with Gasteiger partial charge >= 0.3 is 0 Å². The van der Waals surface area contributed by atoms with E-state index in [-0.39, 0.29) is 5.41 Å². The first kappa shape index (κ1) is 12.3. The van der Waals surface area contributed by atoms with Crippen LogP contribution >= 0.6 is 0 Å². The quantitative estimate of drug-likeness (QED) is 0.679. The van der Waals surface area contributed by atoms with Crippen LogP contribution in [0.1, 0.15) is 51.4 Å². The summed E-state index contributed by atoms with van der Waals surface area (Å²) >= 11 is 0. The molecule has 4 N–H and O–H groups in total. The largest absolute Gasteiger partial charge is 0.396 e. The molecule has 94 valence electrons. The summed E-state index contributed by atoms with van der Waals surface area (Å²) in [4.78, 5) is 0. The summed E-state index contributed by atoms with van der Waals surface area (Å²) in [5.74, 6) is 0. The first-order valence-electron chi connectivity index (χ1n) is 6.84. The van der Waals surface area contributed by atoms with Gasteiger partial charge in [0.15, 0.2) is 0 Å². The molecule has 16 heavy (non-hydrogen) atoms. The van der Waals surface area contributed by atoms with Crippen molar-refractivity contribution in [2.75, 3.05) is 13.2 Å². The number of aliphatic hydroxyl groups is 1. The third kappa shape index (κ3) is 2.96. The molecule has 3 nitrogen and oxygen atoms in total. The molecule has 2 saturated carbocycles. The van der Waals surface area contributed by atoms with Gasteiger partial charge in [0.2, 0.25) is 0 Å². The van der Waals surface area contributed by atoms with Crippen LogP contribution < -0.4 is 11.1 Å². The Hall–Kier alpha value is -0.120. The van der Waals surface area contributed by atoms with Crippen LogP contribution in [0.25, 0.3) is 0 Å². The fourth-order valence-corrected chi connectivity index (χ4v) is 3.20. The summed E-state index contributed by atoms with van der Waals surface area (Å²) in [6, 6.07) is 1.07. The summed E-state index contributed by atoms with van der Waals surface area (Å²) < 4.78 is 0. The molecule has 0 heterocycles. The molecule has 2 aliphatic carbocycles. The van der Waals surface area contributed by atoms with E-state index < -0.39 is 0 Å². The molecule has 0 aromatic carbocycles. The molecule has 0 saturated heterocycles. The van der Waals surface area contributed by atoms with E-state index in [1.54, 1.807) is 0 Å². The zero-order valence-electron chi connectivity index (χ0n) is 10.3. The highest BCUT2D eigenvalue weighted by Gasteiger charge is 2.33. The lowest BCUT2D eigenvalue weighted by atomic mass is 9.85. The topological polar surface area (TPSA) is 58.3 Å². The molecule has 2 fully saturated rings. The van der Waals surface area contributed by atoms with Crippen molar-refractivity contribution in [1.82, 2.24) is 5.32 Å². The van der Waals surface area contributed by atoms with Crippen LogP contribution in [0.4, 0.5) is 0 Å². The first-order valence-corrected chi connectivity index (χ1v) is 6.84. The summed E-state index contributed by atoms with van der Waals surface area (Å²) in [6.07, 6.45) is 9.71. The van der Waals surface area contributed by atoms with Crippen molar-refractivity contribution in [1.29, 1.82) is 0 Å². The van der Waals surface area contributed by atoms with Gasteiger partial charge in [-0.15, -0.1) is 0 Å². The Balaban J connectivity index is 1.73. The molecule has 0 spiro atoms. The van der Waals surface area contributed by atoms with Crippen LogP contribution in [0.3, 0.4) is 0 Å². The molecular weight excluding hydrogens is 200 g/mol. The molecule has 0 bridgehead atoms. The Kier molecular flexibility index (Phi) is 4.22. The molecule has 3 heteroatoms. The molecule has 0 amide bonds. The van der Waals surface area contributed by atoms with E-state index in [9.17, 15) is 5.11 Å².